The molecule has 9 aromatic rings. The number of nitrogens with zero attached hydrogens (tertiary/aromatic N) is 5. The number of hydrogen-bond acceptors (Lipinski definition) is 5. The Bertz CT molecular complexity index is 3190. The second-order valence-corrected chi connectivity index (χ2v) is 17.2. The number of thioether (sulfide) groups is 1. The summed E-state index contributed by atoms with van der Waals surface area (Å²) in [5.74, 6) is 0.202. The van der Waals surface area contributed by atoms with Crippen LogP contribution in [-0.2, 0) is 0 Å². The first-order valence-electron chi connectivity index (χ1n) is 21.2. The summed E-state index contributed by atoms with van der Waals surface area (Å²) in [5, 5.41) is 2.65. The largest absolute Gasteiger partial charge is 0.309 e. The zero-order valence-corrected chi connectivity index (χ0v) is 34.6. The molecule has 0 fully saturated rings. The van der Waals surface area contributed by atoms with Crippen LogP contribution in [0.4, 0.5) is 0 Å². The fourth-order valence-corrected chi connectivity index (χ4v) is 10.9. The number of hydrogen-bond donors (Lipinski definition) is 0. The number of aromatic nitrogens is 4. The van der Waals surface area contributed by atoms with Crippen molar-refractivity contribution in [3.63, 3.8) is 0 Å². The van der Waals surface area contributed by atoms with Crippen LogP contribution in [0, 0.1) is 0 Å². The summed E-state index contributed by atoms with van der Waals surface area (Å²) in [6.45, 7) is 0. The van der Waals surface area contributed by atoms with Gasteiger partial charge in [0, 0.05) is 79.6 Å². The minimum Gasteiger partial charge on any atom is -0.309 e. The van der Waals surface area contributed by atoms with Crippen LogP contribution in [0.2, 0.25) is 0 Å². The van der Waals surface area contributed by atoms with Crippen LogP contribution in [0.25, 0.3) is 77.8 Å². The summed E-state index contributed by atoms with van der Waals surface area (Å²) >= 11 is 1.95. The van der Waals surface area contributed by atoms with Crippen molar-refractivity contribution in [2.45, 2.75) is 28.9 Å². The van der Waals surface area contributed by atoms with Crippen LogP contribution in [0.3, 0.4) is 0 Å². The fourth-order valence-electron chi connectivity index (χ4n) is 9.54. The van der Waals surface area contributed by atoms with E-state index in [4.69, 9.17) is 19.9 Å². The highest BCUT2D eigenvalue weighted by Gasteiger charge is 2.36. The van der Waals surface area contributed by atoms with E-state index in [2.05, 4.69) is 169 Å². The molecule has 0 amide bonds. The van der Waals surface area contributed by atoms with Crippen LogP contribution in [0.1, 0.15) is 30.0 Å². The van der Waals surface area contributed by atoms with E-state index < -0.39 is 0 Å². The molecule has 62 heavy (non-hydrogen) atoms. The van der Waals surface area contributed by atoms with Gasteiger partial charge < -0.3 is 4.57 Å². The Morgan fingerprint density at radius 2 is 1.08 bits per heavy atom. The van der Waals surface area contributed by atoms with Crippen molar-refractivity contribution >= 4 is 45.4 Å². The molecule has 0 bridgehead atoms. The molecule has 0 saturated heterocycles. The van der Waals surface area contributed by atoms with Crippen molar-refractivity contribution in [3.05, 3.63) is 217 Å². The minimum absolute atomic E-state index is 0.202. The summed E-state index contributed by atoms with van der Waals surface area (Å²) in [7, 11) is 0. The fraction of sp³-hybridized carbons (Fsp3) is 0.0714. The van der Waals surface area contributed by atoms with Gasteiger partial charge in [0.25, 0.3) is 0 Å². The standard InChI is InChI=1S/C56H39N5S/c1-3-15-41(49-17-5-9-27-57-49)39(13-1)36-21-24-53-45(31-36)46-32-37(40-14-2-4-16-42(40)50-18-6-10-28-58-50)22-25-54(46)61(53)38-23-26-55-47(33-38)48-34-43(51-19-7-11-29-59-51)44(35-56(48)62-55)52-20-8-12-30-60-52/h1-6,8-10,12-35,48,56H,7,11H2. The monoisotopic (exact) mass is 813 g/mol. The quantitative estimate of drug-likeness (QED) is 0.161. The van der Waals surface area contributed by atoms with Crippen molar-refractivity contribution in [1.82, 2.24) is 19.5 Å². The van der Waals surface area contributed by atoms with Crippen molar-refractivity contribution < 1.29 is 0 Å². The van der Waals surface area contributed by atoms with E-state index in [9.17, 15) is 0 Å². The van der Waals surface area contributed by atoms with E-state index >= 15 is 0 Å². The van der Waals surface area contributed by atoms with Gasteiger partial charge in [-0.2, -0.15) is 0 Å². The molecule has 4 aromatic heterocycles. The van der Waals surface area contributed by atoms with Crippen molar-refractivity contribution in [3.8, 4) is 50.5 Å². The van der Waals surface area contributed by atoms with Gasteiger partial charge in [-0.25, -0.2) is 0 Å². The molecule has 2 aliphatic heterocycles. The van der Waals surface area contributed by atoms with Crippen LogP contribution in [0.5, 0.6) is 0 Å². The van der Waals surface area contributed by atoms with Gasteiger partial charge in [0.15, 0.2) is 0 Å². The van der Waals surface area contributed by atoms with E-state index in [0.29, 0.717) is 0 Å². The van der Waals surface area contributed by atoms with Crippen LogP contribution >= 0.6 is 11.8 Å². The number of benzene rings is 5. The van der Waals surface area contributed by atoms with Crippen molar-refractivity contribution in [2.75, 3.05) is 0 Å². The summed E-state index contributed by atoms with van der Waals surface area (Å²) in [6, 6.07) is 56.6. The van der Waals surface area contributed by atoms with E-state index in [-0.39, 0.29) is 11.2 Å². The molecule has 294 valence electrons. The number of fused-ring (bicyclic) bond motifs is 6. The molecular weight excluding hydrogens is 775 g/mol. The summed E-state index contributed by atoms with van der Waals surface area (Å²) < 4.78 is 2.46. The topological polar surface area (TPSA) is 56.0 Å². The first-order chi connectivity index (χ1) is 30.7. The normalized spacial score (nSPS) is 16.7. The van der Waals surface area contributed by atoms with E-state index in [0.717, 1.165) is 85.7 Å². The average Bonchev–Trinajstić information content (AvgIpc) is 3.88. The lowest BCUT2D eigenvalue weighted by Gasteiger charge is -2.25. The predicted octanol–water partition coefficient (Wildman–Crippen LogP) is 14.0. The molecule has 0 N–H and O–H groups in total. The Morgan fingerprint density at radius 1 is 0.500 bits per heavy atom. The van der Waals surface area contributed by atoms with Gasteiger partial charge >= 0.3 is 0 Å². The molecule has 6 heteroatoms. The minimum atomic E-state index is 0.202. The summed E-state index contributed by atoms with van der Waals surface area (Å²) in [4.78, 5) is 20.5. The van der Waals surface area contributed by atoms with Crippen LogP contribution in [-0.4, -0.2) is 31.0 Å². The third-order valence-corrected chi connectivity index (χ3v) is 13.7. The smallest absolute Gasteiger partial charge is 0.0708 e. The van der Waals surface area contributed by atoms with E-state index in [1.165, 1.54) is 32.4 Å². The lowest BCUT2D eigenvalue weighted by atomic mass is 9.83. The molecule has 3 aliphatic rings. The second kappa shape index (κ2) is 15.2. The number of pyridine rings is 3. The van der Waals surface area contributed by atoms with Gasteiger partial charge in [0.1, 0.15) is 0 Å². The summed E-state index contributed by atoms with van der Waals surface area (Å²) in [6.07, 6.45) is 16.8. The summed E-state index contributed by atoms with van der Waals surface area (Å²) in [5.41, 5.74) is 18.0. The van der Waals surface area contributed by atoms with Gasteiger partial charge in [-0.05, 0) is 120 Å². The molecule has 0 spiro atoms. The molecule has 0 saturated carbocycles. The maximum Gasteiger partial charge on any atom is 0.0708 e. The third kappa shape index (κ3) is 6.26. The van der Waals surface area contributed by atoms with Gasteiger partial charge in [0.2, 0.25) is 0 Å². The average molecular weight is 814 g/mol. The van der Waals surface area contributed by atoms with Gasteiger partial charge in [0.05, 0.1) is 33.8 Å². The Labute approximate surface area is 364 Å². The molecule has 2 unspecified atom stereocenters. The SMILES string of the molecule is C1=NC(C2=CC3c4cc(-n5c6ccc(-c7ccccc7-c7ccccn7)cc6c6cc(-c7ccccc7-c7ccccn7)ccc65)ccc4SC3C=C2c2ccccn2)=CCC1. The molecule has 5 aromatic carbocycles. The van der Waals surface area contributed by atoms with Gasteiger partial charge in [-0.1, -0.05) is 97.1 Å². The molecule has 1 aliphatic carbocycles. The molecule has 5 nitrogen and oxygen atoms in total. The first-order valence-corrected chi connectivity index (χ1v) is 22.1. The lowest BCUT2D eigenvalue weighted by molar-refractivity contribution is 0.869. The predicted molar refractivity (Wildman–Crippen MR) is 257 cm³/mol. The Kier molecular flexibility index (Phi) is 8.96. The Hall–Kier alpha value is -7.41. The van der Waals surface area contributed by atoms with Gasteiger partial charge in [-0.15, -0.1) is 11.8 Å². The van der Waals surface area contributed by atoms with Crippen LogP contribution in [0.15, 0.2) is 216 Å². The number of rotatable bonds is 7. The zero-order valence-electron chi connectivity index (χ0n) is 33.8. The number of aliphatic imine (C=N–C) groups is 1. The highest BCUT2D eigenvalue weighted by atomic mass is 32.2. The molecule has 6 heterocycles. The first kappa shape index (κ1) is 36.4. The van der Waals surface area contributed by atoms with Crippen molar-refractivity contribution in [2.24, 2.45) is 4.99 Å². The zero-order chi connectivity index (χ0) is 41.0. The highest BCUT2D eigenvalue weighted by Crippen LogP contribution is 2.53. The third-order valence-electron chi connectivity index (χ3n) is 12.4. The van der Waals surface area contributed by atoms with E-state index in [1.54, 1.807) is 0 Å². The Balaban J connectivity index is 1.04. The van der Waals surface area contributed by atoms with Gasteiger partial charge in [-0.3, -0.25) is 19.9 Å². The van der Waals surface area contributed by atoms with E-state index in [1.807, 2.05) is 48.6 Å². The lowest BCUT2D eigenvalue weighted by Crippen LogP contribution is -2.14. The second-order valence-electron chi connectivity index (χ2n) is 16.0. The van der Waals surface area contributed by atoms with Crippen molar-refractivity contribution in [1.29, 1.82) is 0 Å². The highest BCUT2D eigenvalue weighted by molar-refractivity contribution is 8.00. The molecule has 0 radical (unpaired) electrons. The van der Waals surface area contributed by atoms with Crippen LogP contribution < -0.4 is 0 Å². The molecule has 2 atom stereocenters. The maximum absolute atomic E-state index is 4.91. The Morgan fingerprint density at radius 3 is 1.65 bits per heavy atom. The molecular formula is C56H39N5S. The maximum atomic E-state index is 4.91. The molecule has 12 rings (SSSR count). The number of allylic oxidation sites excluding steroid dienone is 3.